The maximum atomic E-state index is 13.4. The second-order valence-corrected chi connectivity index (χ2v) is 8.97. The zero-order valence-corrected chi connectivity index (χ0v) is 16.9. The zero-order chi connectivity index (χ0) is 20.3. The van der Waals surface area contributed by atoms with E-state index in [2.05, 4.69) is 4.72 Å². The van der Waals surface area contributed by atoms with Gasteiger partial charge in [0.1, 0.15) is 5.82 Å². The molecule has 5 nitrogen and oxygen atoms in total. The number of nitrogens with zero attached hydrogens (tertiary/aromatic N) is 1. The minimum atomic E-state index is -3.83. The summed E-state index contributed by atoms with van der Waals surface area (Å²) < 4.78 is 40.8. The average molecular weight is 405 g/mol. The van der Waals surface area contributed by atoms with Crippen LogP contribution >= 0.6 is 0 Å². The molecule has 0 aliphatic heterocycles. The van der Waals surface area contributed by atoms with Crippen LogP contribution in [0.25, 0.3) is 0 Å². The lowest BCUT2D eigenvalue weighted by molar-refractivity contribution is 0.0747. The van der Waals surface area contributed by atoms with E-state index in [1.807, 2.05) is 11.8 Å². The fraction of sp³-hybridized carbons (Fsp3) is 0.381. The van der Waals surface area contributed by atoms with Crippen molar-refractivity contribution in [3.63, 3.8) is 0 Å². The molecule has 3 rings (SSSR count). The van der Waals surface area contributed by atoms with Crippen molar-refractivity contribution in [2.24, 2.45) is 5.92 Å². The Morgan fingerprint density at radius 1 is 1.18 bits per heavy atom. The summed E-state index contributed by atoms with van der Waals surface area (Å²) in [5.74, 6) is 0.128. The van der Waals surface area contributed by atoms with E-state index < -0.39 is 15.8 Å². The third-order valence-corrected chi connectivity index (χ3v) is 6.16. The molecule has 150 valence electrons. The van der Waals surface area contributed by atoms with Gasteiger partial charge >= 0.3 is 0 Å². The molecule has 1 aliphatic carbocycles. The minimum absolute atomic E-state index is 0.00916. The van der Waals surface area contributed by atoms with E-state index >= 15 is 0 Å². The maximum absolute atomic E-state index is 13.4. The van der Waals surface area contributed by atoms with Gasteiger partial charge in [0.25, 0.3) is 15.9 Å². The van der Waals surface area contributed by atoms with Gasteiger partial charge in [0, 0.05) is 24.3 Å². The Labute approximate surface area is 165 Å². The number of carbonyl (C=O) groups is 1. The number of aryl methyl sites for hydroxylation is 1. The van der Waals surface area contributed by atoms with E-state index in [0.29, 0.717) is 23.7 Å². The number of hydrogen-bond donors (Lipinski definition) is 1. The Bertz CT molecular complexity index is 954. The van der Waals surface area contributed by atoms with E-state index in [1.165, 1.54) is 31.9 Å². The van der Waals surface area contributed by atoms with Crippen molar-refractivity contribution < 1.29 is 17.6 Å². The first-order valence-corrected chi connectivity index (χ1v) is 11.0. The number of sulfonamides is 1. The second-order valence-electron chi connectivity index (χ2n) is 7.29. The van der Waals surface area contributed by atoms with Gasteiger partial charge in [-0.3, -0.25) is 9.52 Å². The van der Waals surface area contributed by atoms with Crippen LogP contribution in [0.4, 0.5) is 10.1 Å². The summed E-state index contributed by atoms with van der Waals surface area (Å²) in [6.45, 7) is 5.05. The SMILES string of the molecule is CCCN(CC1CC1)C(=O)c1ccc(NS(=O)(=O)c2ccc(F)c(C)c2)cc1. The van der Waals surface area contributed by atoms with Crippen LogP contribution < -0.4 is 4.72 Å². The van der Waals surface area contributed by atoms with Gasteiger partial charge in [0.2, 0.25) is 0 Å². The van der Waals surface area contributed by atoms with Gasteiger partial charge < -0.3 is 4.90 Å². The van der Waals surface area contributed by atoms with Gasteiger partial charge in [-0.2, -0.15) is 0 Å². The summed E-state index contributed by atoms with van der Waals surface area (Å²) in [6.07, 6.45) is 3.25. The van der Waals surface area contributed by atoms with Gasteiger partial charge in [-0.05, 0) is 80.1 Å². The van der Waals surface area contributed by atoms with Crippen LogP contribution in [-0.4, -0.2) is 32.3 Å². The molecule has 0 radical (unpaired) electrons. The molecule has 0 heterocycles. The number of anilines is 1. The highest BCUT2D eigenvalue weighted by Crippen LogP contribution is 2.30. The van der Waals surface area contributed by atoms with E-state index in [-0.39, 0.29) is 16.4 Å². The Hall–Kier alpha value is -2.41. The number of halogens is 1. The normalized spacial score (nSPS) is 14.0. The Morgan fingerprint density at radius 2 is 1.86 bits per heavy atom. The molecule has 0 aromatic heterocycles. The third kappa shape index (κ3) is 4.90. The number of benzene rings is 2. The van der Waals surface area contributed by atoms with Crippen LogP contribution in [0, 0.1) is 18.7 Å². The number of nitrogens with one attached hydrogen (secondary N) is 1. The Balaban J connectivity index is 1.72. The number of amides is 1. The summed E-state index contributed by atoms with van der Waals surface area (Å²) in [4.78, 5) is 14.6. The van der Waals surface area contributed by atoms with Crippen molar-refractivity contribution in [2.75, 3.05) is 17.8 Å². The first kappa shape index (κ1) is 20.3. The standard InChI is InChI=1S/C21H25FN2O3S/c1-3-12-24(14-16-4-5-16)21(25)17-6-8-18(9-7-17)23-28(26,27)19-10-11-20(22)15(2)13-19/h6-11,13,16,23H,3-5,12,14H2,1-2H3. The summed E-state index contributed by atoms with van der Waals surface area (Å²) >= 11 is 0. The first-order chi connectivity index (χ1) is 13.3. The fourth-order valence-corrected chi connectivity index (χ4v) is 4.16. The molecule has 1 N–H and O–H groups in total. The molecular weight excluding hydrogens is 379 g/mol. The quantitative estimate of drug-likeness (QED) is 0.717. The Morgan fingerprint density at radius 3 is 2.43 bits per heavy atom. The van der Waals surface area contributed by atoms with Gasteiger partial charge in [-0.15, -0.1) is 0 Å². The molecule has 1 amide bonds. The zero-order valence-electron chi connectivity index (χ0n) is 16.1. The lowest BCUT2D eigenvalue weighted by Gasteiger charge is -2.22. The highest BCUT2D eigenvalue weighted by Gasteiger charge is 2.27. The fourth-order valence-electron chi connectivity index (χ4n) is 3.02. The van der Waals surface area contributed by atoms with Crippen molar-refractivity contribution in [3.05, 3.63) is 59.4 Å². The lowest BCUT2D eigenvalue weighted by atomic mass is 10.1. The molecule has 7 heteroatoms. The lowest BCUT2D eigenvalue weighted by Crippen LogP contribution is -2.33. The molecule has 28 heavy (non-hydrogen) atoms. The predicted molar refractivity (Wildman–Crippen MR) is 107 cm³/mol. The molecule has 1 fully saturated rings. The predicted octanol–water partition coefficient (Wildman–Crippen LogP) is 4.20. The number of rotatable bonds is 8. The largest absolute Gasteiger partial charge is 0.338 e. The van der Waals surface area contributed by atoms with Gasteiger partial charge in [-0.25, -0.2) is 12.8 Å². The second kappa shape index (κ2) is 8.31. The Kier molecular flexibility index (Phi) is 6.03. The number of carbonyl (C=O) groups excluding carboxylic acids is 1. The van der Waals surface area contributed by atoms with Gasteiger partial charge in [0.15, 0.2) is 0 Å². The topological polar surface area (TPSA) is 66.5 Å². The van der Waals surface area contributed by atoms with Crippen molar-refractivity contribution >= 4 is 21.6 Å². The van der Waals surface area contributed by atoms with Crippen LogP contribution in [0.15, 0.2) is 47.4 Å². The molecule has 1 saturated carbocycles. The maximum Gasteiger partial charge on any atom is 0.261 e. The van der Waals surface area contributed by atoms with Gasteiger partial charge in [0.05, 0.1) is 4.90 Å². The average Bonchev–Trinajstić information content (AvgIpc) is 3.47. The van der Waals surface area contributed by atoms with Crippen LogP contribution in [-0.2, 0) is 10.0 Å². The molecule has 0 bridgehead atoms. The molecule has 2 aromatic carbocycles. The molecule has 0 spiro atoms. The number of hydrogen-bond acceptors (Lipinski definition) is 3. The van der Waals surface area contributed by atoms with E-state index in [1.54, 1.807) is 24.3 Å². The smallest absolute Gasteiger partial charge is 0.261 e. The van der Waals surface area contributed by atoms with E-state index in [4.69, 9.17) is 0 Å². The third-order valence-electron chi connectivity index (χ3n) is 4.78. The molecule has 0 atom stereocenters. The summed E-state index contributed by atoms with van der Waals surface area (Å²) in [6, 6.07) is 10.1. The highest BCUT2D eigenvalue weighted by atomic mass is 32.2. The molecule has 0 unspecified atom stereocenters. The molecule has 0 saturated heterocycles. The van der Waals surface area contributed by atoms with Gasteiger partial charge in [-0.1, -0.05) is 6.92 Å². The first-order valence-electron chi connectivity index (χ1n) is 9.48. The van der Waals surface area contributed by atoms with Crippen LogP contribution in [0.1, 0.15) is 42.1 Å². The van der Waals surface area contributed by atoms with Crippen LogP contribution in [0.3, 0.4) is 0 Å². The van der Waals surface area contributed by atoms with Crippen LogP contribution in [0.2, 0.25) is 0 Å². The highest BCUT2D eigenvalue weighted by molar-refractivity contribution is 7.92. The van der Waals surface area contributed by atoms with E-state index in [9.17, 15) is 17.6 Å². The van der Waals surface area contributed by atoms with E-state index in [0.717, 1.165) is 19.0 Å². The minimum Gasteiger partial charge on any atom is -0.338 e. The monoisotopic (exact) mass is 404 g/mol. The van der Waals surface area contributed by atoms with Crippen molar-refractivity contribution in [1.82, 2.24) is 4.90 Å². The van der Waals surface area contributed by atoms with Crippen molar-refractivity contribution in [2.45, 2.75) is 38.0 Å². The molecule has 2 aromatic rings. The van der Waals surface area contributed by atoms with Crippen LogP contribution in [0.5, 0.6) is 0 Å². The molecular formula is C21H25FN2O3S. The van der Waals surface area contributed by atoms with Crippen molar-refractivity contribution in [1.29, 1.82) is 0 Å². The summed E-state index contributed by atoms with van der Waals surface area (Å²) in [7, 11) is -3.83. The summed E-state index contributed by atoms with van der Waals surface area (Å²) in [5, 5.41) is 0. The van der Waals surface area contributed by atoms with Crippen molar-refractivity contribution in [3.8, 4) is 0 Å². The molecule has 1 aliphatic rings. The summed E-state index contributed by atoms with van der Waals surface area (Å²) in [5.41, 5.74) is 1.15.